The molecule has 0 rings (SSSR count). The van der Waals surface area contributed by atoms with Crippen LogP contribution in [0.2, 0.25) is 0 Å². The van der Waals surface area contributed by atoms with Crippen LogP contribution in [0.15, 0.2) is 23.8 Å². The Bertz CT molecular complexity index is 212. The minimum absolute atomic E-state index is 0.520. The molecule has 0 bridgehead atoms. The highest BCUT2D eigenvalue weighted by atomic mass is 16.6. The first-order valence-electron chi connectivity index (χ1n) is 4.26. The molecule has 3 heteroatoms. The summed E-state index contributed by atoms with van der Waals surface area (Å²) in [5.41, 5.74) is 0.844. The highest BCUT2D eigenvalue weighted by Crippen LogP contribution is 1.96. The molecule has 0 aliphatic rings. The summed E-state index contributed by atoms with van der Waals surface area (Å²) in [5, 5.41) is 9.10. The average Bonchev–Trinajstić information content (AvgIpc) is 1.98. The number of aliphatic hydroxyl groups is 1. The number of rotatable bonds is 4. The Balaban J connectivity index is 3.92. The molecule has 0 radical (unpaired) electrons. The molecule has 0 aromatic rings. The van der Waals surface area contributed by atoms with Gasteiger partial charge in [0, 0.05) is 6.08 Å². The van der Waals surface area contributed by atoms with Gasteiger partial charge in [-0.05, 0) is 26.3 Å². The summed E-state index contributed by atoms with van der Waals surface area (Å²) >= 11 is 0. The first-order valence-corrected chi connectivity index (χ1v) is 4.26. The van der Waals surface area contributed by atoms with E-state index in [1.807, 2.05) is 6.92 Å². The maximum Gasteiger partial charge on any atom is 0.333 e. The molecular weight excluding hydrogens is 168 g/mol. The van der Waals surface area contributed by atoms with Crippen molar-refractivity contribution in [2.24, 2.45) is 0 Å². The summed E-state index contributed by atoms with van der Waals surface area (Å²) in [5.74, 6) is -0.520. The lowest BCUT2D eigenvalue weighted by molar-refractivity contribution is -0.154. The first kappa shape index (κ1) is 11.9. The van der Waals surface area contributed by atoms with E-state index in [4.69, 9.17) is 5.11 Å². The molecule has 0 aromatic heterocycles. The van der Waals surface area contributed by atoms with Crippen LogP contribution < -0.4 is 0 Å². The summed E-state index contributed by atoms with van der Waals surface area (Å²) in [6.07, 6.45) is 4.18. The van der Waals surface area contributed by atoms with Crippen molar-refractivity contribution in [1.82, 2.24) is 0 Å². The van der Waals surface area contributed by atoms with Crippen LogP contribution in [0.25, 0.3) is 0 Å². The van der Waals surface area contributed by atoms with Crippen LogP contribution in [0.3, 0.4) is 0 Å². The molecule has 13 heavy (non-hydrogen) atoms. The first-order chi connectivity index (χ1) is 6.06. The molecule has 0 saturated heterocycles. The predicted octanol–water partition coefficient (Wildman–Crippen LogP) is 1.78. The van der Waals surface area contributed by atoms with E-state index in [1.165, 1.54) is 12.2 Å². The smallest absolute Gasteiger partial charge is 0.333 e. The van der Waals surface area contributed by atoms with Gasteiger partial charge in [0.15, 0.2) is 0 Å². The minimum atomic E-state index is -1.14. The molecule has 0 fully saturated rings. The molecule has 1 atom stereocenters. The van der Waals surface area contributed by atoms with Crippen molar-refractivity contribution >= 4 is 5.97 Å². The summed E-state index contributed by atoms with van der Waals surface area (Å²) < 4.78 is 4.62. The third-order valence-corrected chi connectivity index (χ3v) is 1.18. The van der Waals surface area contributed by atoms with Gasteiger partial charge in [0.1, 0.15) is 0 Å². The van der Waals surface area contributed by atoms with Gasteiger partial charge in [-0.25, -0.2) is 4.79 Å². The second-order valence-electron chi connectivity index (χ2n) is 2.89. The molecule has 0 aromatic carbocycles. The lowest BCUT2D eigenvalue weighted by Gasteiger charge is -2.05. The maximum absolute atomic E-state index is 10.9. The van der Waals surface area contributed by atoms with E-state index in [9.17, 15) is 4.79 Å². The van der Waals surface area contributed by atoms with Crippen molar-refractivity contribution in [2.45, 2.75) is 33.5 Å². The Labute approximate surface area is 78.7 Å². The summed E-state index contributed by atoms with van der Waals surface area (Å²) in [6.45, 7) is 5.51. The van der Waals surface area contributed by atoms with Gasteiger partial charge in [-0.2, -0.15) is 0 Å². The highest BCUT2D eigenvalue weighted by Gasteiger charge is 2.03. The quantitative estimate of drug-likeness (QED) is 0.313. The summed E-state index contributed by atoms with van der Waals surface area (Å²) in [4.78, 5) is 10.9. The SMILES string of the molecule is CCC=CC(O)OC(=O)C=C(C)C. The van der Waals surface area contributed by atoms with Gasteiger partial charge >= 0.3 is 5.97 Å². The van der Waals surface area contributed by atoms with E-state index in [1.54, 1.807) is 19.9 Å². The van der Waals surface area contributed by atoms with Crippen LogP contribution in [0.5, 0.6) is 0 Å². The fourth-order valence-corrected chi connectivity index (χ4v) is 0.681. The van der Waals surface area contributed by atoms with Crippen molar-refractivity contribution in [3.63, 3.8) is 0 Å². The minimum Gasteiger partial charge on any atom is -0.429 e. The lowest BCUT2D eigenvalue weighted by atomic mass is 10.3. The Morgan fingerprint density at radius 1 is 1.54 bits per heavy atom. The number of carbonyl (C=O) groups excluding carboxylic acids is 1. The third kappa shape index (κ3) is 7.28. The molecule has 0 saturated carbocycles. The highest BCUT2D eigenvalue weighted by molar-refractivity contribution is 5.82. The zero-order valence-corrected chi connectivity index (χ0v) is 8.28. The Morgan fingerprint density at radius 3 is 2.62 bits per heavy atom. The van der Waals surface area contributed by atoms with Gasteiger partial charge in [0.2, 0.25) is 6.29 Å². The van der Waals surface area contributed by atoms with Crippen molar-refractivity contribution in [3.8, 4) is 0 Å². The van der Waals surface area contributed by atoms with Crippen LogP contribution in [0, 0.1) is 0 Å². The van der Waals surface area contributed by atoms with E-state index in [0.717, 1.165) is 12.0 Å². The number of allylic oxidation sites excluding steroid dienone is 2. The molecule has 0 aliphatic carbocycles. The molecule has 3 nitrogen and oxygen atoms in total. The Hall–Kier alpha value is -1.09. The van der Waals surface area contributed by atoms with Gasteiger partial charge in [-0.1, -0.05) is 18.6 Å². The predicted molar refractivity (Wildman–Crippen MR) is 51.0 cm³/mol. The number of hydrogen-bond donors (Lipinski definition) is 1. The van der Waals surface area contributed by atoms with Gasteiger partial charge in [0.05, 0.1) is 0 Å². The molecule has 0 spiro atoms. The number of hydrogen-bond acceptors (Lipinski definition) is 3. The zero-order valence-electron chi connectivity index (χ0n) is 8.28. The molecular formula is C10H16O3. The third-order valence-electron chi connectivity index (χ3n) is 1.18. The van der Waals surface area contributed by atoms with Crippen molar-refractivity contribution in [2.75, 3.05) is 0 Å². The molecule has 0 heterocycles. The molecule has 74 valence electrons. The Morgan fingerprint density at radius 2 is 2.15 bits per heavy atom. The fourth-order valence-electron chi connectivity index (χ4n) is 0.681. The van der Waals surface area contributed by atoms with Gasteiger partial charge in [0.25, 0.3) is 0 Å². The largest absolute Gasteiger partial charge is 0.429 e. The van der Waals surface area contributed by atoms with E-state index in [-0.39, 0.29) is 0 Å². The standard InChI is InChI=1S/C10H16O3/c1-4-5-6-9(11)13-10(12)7-8(2)3/h5-7,9,11H,4H2,1-3H3. The number of aliphatic hydroxyl groups excluding tert-OH is 1. The lowest BCUT2D eigenvalue weighted by Crippen LogP contribution is -2.13. The summed E-state index contributed by atoms with van der Waals surface area (Å²) in [6, 6.07) is 0. The van der Waals surface area contributed by atoms with Gasteiger partial charge in [-0.3, -0.25) is 0 Å². The van der Waals surface area contributed by atoms with Crippen LogP contribution in [0.1, 0.15) is 27.2 Å². The van der Waals surface area contributed by atoms with E-state index in [2.05, 4.69) is 4.74 Å². The van der Waals surface area contributed by atoms with Gasteiger partial charge in [-0.15, -0.1) is 0 Å². The molecule has 0 aliphatic heterocycles. The Kier molecular flexibility index (Phi) is 5.89. The molecule has 1 N–H and O–H groups in total. The van der Waals surface area contributed by atoms with Crippen LogP contribution in [-0.4, -0.2) is 17.4 Å². The maximum atomic E-state index is 10.9. The van der Waals surface area contributed by atoms with Crippen molar-refractivity contribution in [1.29, 1.82) is 0 Å². The molecule has 0 amide bonds. The second-order valence-corrected chi connectivity index (χ2v) is 2.89. The van der Waals surface area contributed by atoms with E-state index < -0.39 is 12.3 Å². The van der Waals surface area contributed by atoms with Crippen LogP contribution >= 0.6 is 0 Å². The average molecular weight is 184 g/mol. The topological polar surface area (TPSA) is 46.5 Å². The monoisotopic (exact) mass is 184 g/mol. The van der Waals surface area contributed by atoms with Crippen LogP contribution in [-0.2, 0) is 9.53 Å². The van der Waals surface area contributed by atoms with Crippen molar-refractivity contribution < 1.29 is 14.6 Å². The number of carbonyl (C=O) groups is 1. The van der Waals surface area contributed by atoms with Crippen LogP contribution in [0.4, 0.5) is 0 Å². The number of ether oxygens (including phenoxy) is 1. The van der Waals surface area contributed by atoms with Crippen molar-refractivity contribution in [3.05, 3.63) is 23.8 Å². The zero-order chi connectivity index (χ0) is 10.3. The fraction of sp³-hybridized carbons (Fsp3) is 0.500. The second kappa shape index (κ2) is 6.43. The summed E-state index contributed by atoms with van der Waals surface area (Å²) in [7, 11) is 0. The van der Waals surface area contributed by atoms with Gasteiger partial charge < -0.3 is 9.84 Å². The van der Waals surface area contributed by atoms with E-state index in [0.29, 0.717) is 0 Å². The normalized spacial score (nSPS) is 12.6. The van der Waals surface area contributed by atoms with E-state index >= 15 is 0 Å². The molecule has 1 unspecified atom stereocenters. The number of esters is 1.